The number of benzene rings is 1. The molecule has 212 valence electrons. The monoisotopic (exact) mass is 534 g/mol. The van der Waals surface area contributed by atoms with Crippen LogP contribution in [0.4, 0.5) is 0 Å². The van der Waals surface area contributed by atoms with E-state index in [-0.39, 0.29) is 40.8 Å². The van der Waals surface area contributed by atoms with Crippen LogP contribution in [-0.4, -0.2) is 36.4 Å². The molecule has 4 aliphatic carbocycles. The van der Waals surface area contributed by atoms with Crippen LogP contribution in [0.3, 0.4) is 0 Å². The molecule has 1 spiro atoms. The molecule has 0 amide bonds. The zero-order valence-electron chi connectivity index (χ0n) is 24.2. The molecule has 6 fully saturated rings. The van der Waals surface area contributed by atoms with Crippen molar-refractivity contribution >= 4 is 11.8 Å². The predicted molar refractivity (Wildman–Crippen MR) is 148 cm³/mol. The minimum atomic E-state index is -0.480. The van der Waals surface area contributed by atoms with E-state index in [2.05, 4.69) is 27.7 Å². The first-order chi connectivity index (χ1) is 18.7. The fourth-order valence-electron chi connectivity index (χ4n) is 10.8. The summed E-state index contributed by atoms with van der Waals surface area (Å²) in [7, 11) is 0. The number of carbonyl (C=O) groups excluding carboxylic acids is 2. The first-order valence-electron chi connectivity index (χ1n) is 15.8. The van der Waals surface area contributed by atoms with Crippen molar-refractivity contribution in [3.8, 4) is 0 Å². The summed E-state index contributed by atoms with van der Waals surface area (Å²) in [5, 5.41) is 0. The molecule has 12 atom stereocenters. The molecule has 4 saturated carbocycles. The minimum Gasteiger partial charge on any atom is -0.459 e. The summed E-state index contributed by atoms with van der Waals surface area (Å²) in [5.74, 6) is 2.84. The van der Waals surface area contributed by atoms with Gasteiger partial charge in [0.2, 0.25) is 0 Å². The predicted octanol–water partition coefficient (Wildman–Crippen LogP) is 6.84. The number of hydrogen-bond acceptors (Lipinski definition) is 5. The first kappa shape index (κ1) is 26.2. The summed E-state index contributed by atoms with van der Waals surface area (Å²) in [4.78, 5) is 27.0. The molecule has 2 heterocycles. The average Bonchev–Trinajstić information content (AvgIpc) is 3.38. The SMILES string of the molecule is C[C@@H]1CC[C@]2(OC1)O[C@H]1C[C@@H]3[C@@H]4CC[C@@H]5C[C@H](OC(=O)c6ccccc6)CC[C@]5(C)[C@@H]4CC(=O)[C@]3(C)[C@@H]1[C@@H]2C. The molecule has 0 aromatic heterocycles. The van der Waals surface area contributed by atoms with Gasteiger partial charge >= 0.3 is 5.97 Å². The van der Waals surface area contributed by atoms with Gasteiger partial charge in [-0.15, -0.1) is 0 Å². The van der Waals surface area contributed by atoms with Crippen LogP contribution in [-0.2, 0) is 19.0 Å². The van der Waals surface area contributed by atoms with Gasteiger partial charge in [0.1, 0.15) is 11.9 Å². The normalized spacial score (nSPS) is 50.6. The molecular formula is C34H46O5. The van der Waals surface area contributed by atoms with Crippen molar-refractivity contribution in [1.82, 2.24) is 0 Å². The van der Waals surface area contributed by atoms with Crippen molar-refractivity contribution in [3.63, 3.8) is 0 Å². The number of esters is 1. The Morgan fingerprint density at radius 3 is 2.51 bits per heavy atom. The number of rotatable bonds is 2. The molecule has 2 saturated heterocycles. The Balaban J connectivity index is 1.08. The highest BCUT2D eigenvalue weighted by atomic mass is 16.7. The lowest BCUT2D eigenvalue weighted by molar-refractivity contribution is -0.272. The van der Waals surface area contributed by atoms with E-state index in [0.29, 0.717) is 47.4 Å². The number of ether oxygens (including phenoxy) is 3. The van der Waals surface area contributed by atoms with Gasteiger partial charge < -0.3 is 14.2 Å². The van der Waals surface area contributed by atoms with Gasteiger partial charge in [0, 0.05) is 30.1 Å². The van der Waals surface area contributed by atoms with Gasteiger partial charge in [0.15, 0.2) is 5.79 Å². The molecule has 0 N–H and O–H groups in total. The van der Waals surface area contributed by atoms with Crippen molar-refractivity contribution < 1.29 is 23.8 Å². The smallest absolute Gasteiger partial charge is 0.338 e. The first-order valence-corrected chi connectivity index (χ1v) is 15.8. The van der Waals surface area contributed by atoms with Crippen molar-refractivity contribution in [2.45, 2.75) is 103 Å². The van der Waals surface area contributed by atoms with Crippen molar-refractivity contribution in [1.29, 1.82) is 0 Å². The molecule has 1 aromatic carbocycles. The Kier molecular flexibility index (Phi) is 6.14. The van der Waals surface area contributed by atoms with Gasteiger partial charge in [0.05, 0.1) is 18.3 Å². The third-order valence-electron chi connectivity index (χ3n) is 13.0. The second kappa shape index (κ2) is 9.14. The highest BCUT2D eigenvalue weighted by Crippen LogP contribution is 2.70. The zero-order valence-corrected chi connectivity index (χ0v) is 24.2. The van der Waals surface area contributed by atoms with Crippen molar-refractivity contribution in [2.24, 2.45) is 52.3 Å². The maximum absolute atomic E-state index is 14.3. The van der Waals surface area contributed by atoms with Gasteiger partial charge in [-0.05, 0) is 92.1 Å². The van der Waals surface area contributed by atoms with Crippen LogP contribution in [0.25, 0.3) is 0 Å². The van der Waals surface area contributed by atoms with E-state index < -0.39 is 5.79 Å². The fourth-order valence-corrected chi connectivity index (χ4v) is 10.8. The Morgan fingerprint density at radius 2 is 1.77 bits per heavy atom. The second-order valence-corrected chi connectivity index (χ2v) is 14.7. The summed E-state index contributed by atoms with van der Waals surface area (Å²) in [6.45, 7) is 10.1. The van der Waals surface area contributed by atoms with E-state index in [1.54, 1.807) is 0 Å². The Labute approximate surface area is 233 Å². The van der Waals surface area contributed by atoms with Crippen LogP contribution in [0, 0.1) is 52.3 Å². The Hall–Kier alpha value is -1.72. The van der Waals surface area contributed by atoms with Crippen LogP contribution >= 0.6 is 0 Å². The summed E-state index contributed by atoms with van der Waals surface area (Å²) in [6.07, 6.45) is 9.17. The Bertz CT molecular complexity index is 1120. The van der Waals surface area contributed by atoms with E-state index in [9.17, 15) is 9.59 Å². The molecule has 2 aliphatic heterocycles. The van der Waals surface area contributed by atoms with Gasteiger partial charge in [-0.25, -0.2) is 4.79 Å². The van der Waals surface area contributed by atoms with Crippen molar-refractivity contribution in [2.75, 3.05) is 6.61 Å². The molecule has 5 nitrogen and oxygen atoms in total. The van der Waals surface area contributed by atoms with E-state index in [0.717, 1.165) is 45.1 Å². The number of carbonyl (C=O) groups is 2. The molecule has 0 bridgehead atoms. The van der Waals surface area contributed by atoms with Gasteiger partial charge in [0.25, 0.3) is 0 Å². The average molecular weight is 535 g/mol. The molecule has 0 unspecified atom stereocenters. The summed E-state index contributed by atoms with van der Waals surface area (Å²) >= 11 is 0. The van der Waals surface area contributed by atoms with E-state index in [1.165, 1.54) is 12.8 Å². The molecule has 0 radical (unpaired) electrons. The standard InChI is InChI=1S/C34H46O5/c1-20-12-15-34(37-19-20)21(2)30-28(39-34)17-27-25-11-10-23-16-24(38-31(36)22-8-6-5-7-9-22)13-14-32(23,3)26(25)18-29(35)33(27,30)4/h5-9,20-21,23-28,30H,10-19H2,1-4H3/t20-,21+,23-,24-,25-,26-,27-,28+,30-,32+,33-,34+/m1/s1. The maximum Gasteiger partial charge on any atom is 0.338 e. The lowest BCUT2D eigenvalue weighted by atomic mass is 9.44. The maximum atomic E-state index is 14.3. The van der Waals surface area contributed by atoms with Crippen LogP contribution in [0.1, 0.15) is 95.8 Å². The third kappa shape index (κ3) is 3.77. The van der Waals surface area contributed by atoms with E-state index in [1.807, 2.05) is 30.3 Å². The quantitative estimate of drug-likeness (QED) is 0.389. The summed E-state index contributed by atoms with van der Waals surface area (Å²) < 4.78 is 19.3. The fraction of sp³-hybridized carbons (Fsp3) is 0.765. The lowest BCUT2D eigenvalue weighted by Crippen LogP contribution is -2.58. The van der Waals surface area contributed by atoms with Crippen LogP contribution in [0.5, 0.6) is 0 Å². The second-order valence-electron chi connectivity index (χ2n) is 14.7. The highest BCUT2D eigenvalue weighted by molar-refractivity contribution is 5.89. The largest absolute Gasteiger partial charge is 0.459 e. The summed E-state index contributed by atoms with van der Waals surface area (Å²) in [5.41, 5.74) is 0.473. The zero-order chi connectivity index (χ0) is 27.2. The van der Waals surface area contributed by atoms with Crippen LogP contribution < -0.4 is 0 Å². The highest BCUT2D eigenvalue weighted by Gasteiger charge is 2.71. The topological polar surface area (TPSA) is 61.8 Å². The molecule has 1 aromatic rings. The molecule has 6 aliphatic rings. The van der Waals surface area contributed by atoms with Gasteiger partial charge in [-0.3, -0.25) is 4.79 Å². The minimum absolute atomic E-state index is 0.0219. The molecule has 7 rings (SSSR count). The molecule has 5 heteroatoms. The number of hydrogen-bond donors (Lipinski definition) is 0. The molecular weight excluding hydrogens is 488 g/mol. The van der Waals surface area contributed by atoms with Crippen molar-refractivity contribution in [3.05, 3.63) is 35.9 Å². The number of ketones is 1. The van der Waals surface area contributed by atoms with Gasteiger partial charge in [-0.2, -0.15) is 0 Å². The Morgan fingerprint density at radius 1 is 0.974 bits per heavy atom. The number of fused-ring (bicyclic) bond motifs is 7. The molecule has 39 heavy (non-hydrogen) atoms. The van der Waals surface area contributed by atoms with Crippen LogP contribution in [0.2, 0.25) is 0 Å². The van der Waals surface area contributed by atoms with E-state index in [4.69, 9.17) is 14.2 Å². The van der Waals surface area contributed by atoms with Crippen LogP contribution in [0.15, 0.2) is 30.3 Å². The van der Waals surface area contributed by atoms with Gasteiger partial charge in [-0.1, -0.05) is 45.9 Å². The third-order valence-corrected chi connectivity index (χ3v) is 13.0. The number of Topliss-reactive ketones (excluding diaryl/α,β-unsaturated/α-hetero) is 1. The van der Waals surface area contributed by atoms with E-state index >= 15 is 0 Å². The summed E-state index contributed by atoms with van der Waals surface area (Å²) in [6, 6.07) is 9.35. The lowest BCUT2D eigenvalue weighted by Gasteiger charge is -2.60.